The Morgan fingerprint density at radius 2 is 1.52 bits per heavy atom. The molecule has 2 heterocycles. The highest BCUT2D eigenvalue weighted by atomic mass is 35.5. The molecule has 4 rings (SSSR count). The number of carbonyl (C=O) groups excluding carboxylic acids is 3. The quantitative estimate of drug-likeness (QED) is 0.632. The van der Waals surface area contributed by atoms with Gasteiger partial charge >= 0.3 is 0 Å². The molecule has 0 aliphatic carbocycles. The summed E-state index contributed by atoms with van der Waals surface area (Å²) in [6, 6.07) is 15.8. The molecule has 0 bridgehead atoms. The van der Waals surface area contributed by atoms with Crippen molar-refractivity contribution in [2.75, 3.05) is 11.9 Å². The van der Waals surface area contributed by atoms with E-state index < -0.39 is 24.3 Å². The maximum absolute atomic E-state index is 12.5. The molecular formula is C21H13Cl2N3O3. The van der Waals surface area contributed by atoms with Crippen LogP contribution in [0.15, 0.2) is 60.8 Å². The summed E-state index contributed by atoms with van der Waals surface area (Å²) in [5.74, 6) is -1.41. The predicted molar refractivity (Wildman–Crippen MR) is 110 cm³/mol. The van der Waals surface area contributed by atoms with Gasteiger partial charge in [0.25, 0.3) is 11.8 Å². The van der Waals surface area contributed by atoms with Crippen molar-refractivity contribution in [1.29, 1.82) is 0 Å². The summed E-state index contributed by atoms with van der Waals surface area (Å²) < 4.78 is 0. The molecule has 144 valence electrons. The summed E-state index contributed by atoms with van der Waals surface area (Å²) in [5, 5.41) is 2.92. The van der Waals surface area contributed by atoms with Crippen LogP contribution in [-0.2, 0) is 4.79 Å². The number of fused-ring (bicyclic) bond motifs is 1. The molecule has 0 saturated carbocycles. The maximum Gasteiger partial charge on any atom is 0.262 e. The molecule has 2 aromatic carbocycles. The van der Waals surface area contributed by atoms with Crippen LogP contribution in [0.3, 0.4) is 0 Å². The molecule has 6 nitrogen and oxygen atoms in total. The topological polar surface area (TPSA) is 79.4 Å². The first-order valence-electron chi connectivity index (χ1n) is 8.60. The molecule has 0 fully saturated rings. The first kappa shape index (κ1) is 19.1. The van der Waals surface area contributed by atoms with Crippen LogP contribution in [0.4, 0.5) is 5.82 Å². The Balaban J connectivity index is 1.45. The SMILES string of the molecule is O=C(CN1C(=O)c2cc(Cl)c(Cl)cc2C1=O)Nc1ccc(-c2ccccc2)cn1. The lowest BCUT2D eigenvalue weighted by atomic mass is 10.1. The molecule has 3 aromatic rings. The van der Waals surface area contributed by atoms with Gasteiger partial charge in [-0.3, -0.25) is 19.3 Å². The van der Waals surface area contributed by atoms with E-state index in [1.165, 1.54) is 12.1 Å². The normalized spacial score (nSPS) is 12.8. The molecule has 1 N–H and O–H groups in total. The number of halogens is 2. The lowest BCUT2D eigenvalue weighted by molar-refractivity contribution is -0.116. The minimum Gasteiger partial charge on any atom is -0.309 e. The number of rotatable bonds is 4. The lowest BCUT2D eigenvalue weighted by Crippen LogP contribution is -2.37. The number of carbonyl (C=O) groups is 3. The van der Waals surface area contributed by atoms with Gasteiger partial charge in [0.1, 0.15) is 12.4 Å². The Morgan fingerprint density at radius 3 is 2.07 bits per heavy atom. The van der Waals surface area contributed by atoms with Gasteiger partial charge in [0, 0.05) is 11.8 Å². The van der Waals surface area contributed by atoms with Gasteiger partial charge in [0.2, 0.25) is 5.91 Å². The number of hydrogen-bond donors (Lipinski definition) is 1. The monoisotopic (exact) mass is 425 g/mol. The van der Waals surface area contributed by atoms with Crippen LogP contribution >= 0.6 is 23.2 Å². The number of imide groups is 1. The fourth-order valence-electron chi connectivity index (χ4n) is 3.02. The molecule has 3 amide bonds. The Labute approximate surface area is 176 Å². The molecule has 0 spiro atoms. The number of pyridine rings is 1. The Kier molecular flexibility index (Phi) is 5.05. The number of aromatic nitrogens is 1. The highest BCUT2D eigenvalue weighted by Crippen LogP contribution is 2.31. The van der Waals surface area contributed by atoms with E-state index in [-0.39, 0.29) is 21.2 Å². The smallest absolute Gasteiger partial charge is 0.262 e. The highest BCUT2D eigenvalue weighted by molar-refractivity contribution is 6.43. The van der Waals surface area contributed by atoms with Crippen LogP contribution in [0, 0.1) is 0 Å². The molecule has 0 radical (unpaired) electrons. The van der Waals surface area contributed by atoms with E-state index in [1.54, 1.807) is 12.3 Å². The summed E-state index contributed by atoms with van der Waals surface area (Å²) in [6.45, 7) is -0.441. The molecular weight excluding hydrogens is 413 g/mol. The third-order valence-corrected chi connectivity index (χ3v) is 5.17. The standard InChI is InChI=1S/C21H13Cl2N3O3/c22-16-8-14-15(9-17(16)23)21(29)26(20(14)28)11-19(27)25-18-7-6-13(10-24-18)12-4-2-1-3-5-12/h1-10H,11H2,(H,24,25,27). The van der Waals surface area contributed by atoms with E-state index in [4.69, 9.17) is 23.2 Å². The maximum atomic E-state index is 12.5. The summed E-state index contributed by atoms with van der Waals surface area (Å²) in [4.78, 5) is 42.4. The molecule has 1 aliphatic heterocycles. The largest absolute Gasteiger partial charge is 0.309 e. The third kappa shape index (κ3) is 3.72. The van der Waals surface area contributed by atoms with Crippen molar-refractivity contribution in [2.45, 2.75) is 0 Å². The second-order valence-electron chi connectivity index (χ2n) is 6.35. The molecule has 8 heteroatoms. The van der Waals surface area contributed by atoms with Crippen LogP contribution < -0.4 is 5.32 Å². The van der Waals surface area contributed by atoms with Crippen molar-refractivity contribution in [3.8, 4) is 11.1 Å². The van der Waals surface area contributed by atoms with Crippen LogP contribution in [-0.4, -0.2) is 34.2 Å². The minimum absolute atomic E-state index is 0.127. The zero-order valence-corrected chi connectivity index (χ0v) is 16.4. The Bertz CT molecular complexity index is 1090. The van der Waals surface area contributed by atoms with Gasteiger partial charge in [-0.15, -0.1) is 0 Å². The fraction of sp³-hybridized carbons (Fsp3) is 0.0476. The van der Waals surface area contributed by atoms with Crippen molar-refractivity contribution in [2.24, 2.45) is 0 Å². The number of hydrogen-bond acceptors (Lipinski definition) is 4. The summed E-state index contributed by atoms with van der Waals surface area (Å²) >= 11 is 11.8. The number of amides is 3. The van der Waals surface area contributed by atoms with E-state index in [1.807, 2.05) is 36.4 Å². The average Bonchev–Trinajstić information content (AvgIpc) is 2.94. The minimum atomic E-state index is -0.592. The van der Waals surface area contributed by atoms with Gasteiger partial charge < -0.3 is 5.32 Å². The van der Waals surface area contributed by atoms with Crippen molar-refractivity contribution in [3.05, 3.63) is 82.0 Å². The molecule has 0 unspecified atom stereocenters. The van der Waals surface area contributed by atoms with Gasteiger partial charge in [0.15, 0.2) is 0 Å². The number of nitrogens with zero attached hydrogens (tertiary/aromatic N) is 2. The molecule has 1 aliphatic rings. The molecule has 0 saturated heterocycles. The van der Waals surface area contributed by atoms with E-state index in [0.717, 1.165) is 16.0 Å². The Hall–Kier alpha value is -3.22. The fourth-order valence-corrected chi connectivity index (χ4v) is 3.35. The van der Waals surface area contributed by atoms with Gasteiger partial charge in [-0.25, -0.2) is 4.98 Å². The zero-order valence-electron chi connectivity index (χ0n) is 14.9. The van der Waals surface area contributed by atoms with Crippen LogP contribution in [0.5, 0.6) is 0 Å². The Morgan fingerprint density at radius 1 is 0.897 bits per heavy atom. The van der Waals surface area contributed by atoms with Gasteiger partial charge in [-0.1, -0.05) is 53.5 Å². The number of anilines is 1. The lowest BCUT2D eigenvalue weighted by Gasteiger charge is -2.13. The third-order valence-electron chi connectivity index (χ3n) is 4.45. The van der Waals surface area contributed by atoms with Gasteiger partial charge in [-0.05, 0) is 29.8 Å². The molecule has 1 aromatic heterocycles. The summed E-state index contributed by atoms with van der Waals surface area (Å²) in [7, 11) is 0. The van der Waals surface area contributed by atoms with Gasteiger partial charge in [-0.2, -0.15) is 0 Å². The van der Waals surface area contributed by atoms with Crippen molar-refractivity contribution < 1.29 is 14.4 Å². The van der Waals surface area contributed by atoms with Crippen LogP contribution in [0.25, 0.3) is 11.1 Å². The highest BCUT2D eigenvalue weighted by Gasteiger charge is 2.37. The number of nitrogens with one attached hydrogen (secondary N) is 1. The summed E-state index contributed by atoms with van der Waals surface area (Å²) in [5.41, 5.74) is 2.16. The van der Waals surface area contributed by atoms with Crippen LogP contribution in [0.1, 0.15) is 20.7 Å². The van der Waals surface area contributed by atoms with E-state index >= 15 is 0 Å². The number of benzene rings is 2. The molecule has 29 heavy (non-hydrogen) atoms. The second-order valence-corrected chi connectivity index (χ2v) is 7.17. The second kappa shape index (κ2) is 7.66. The predicted octanol–water partition coefficient (Wildman–Crippen LogP) is 4.29. The summed E-state index contributed by atoms with van der Waals surface area (Å²) in [6.07, 6.45) is 1.64. The van der Waals surface area contributed by atoms with Crippen molar-refractivity contribution >= 4 is 46.7 Å². The zero-order chi connectivity index (χ0) is 20.5. The average molecular weight is 426 g/mol. The van der Waals surface area contributed by atoms with E-state index in [9.17, 15) is 14.4 Å². The van der Waals surface area contributed by atoms with E-state index in [2.05, 4.69) is 10.3 Å². The van der Waals surface area contributed by atoms with Gasteiger partial charge in [0.05, 0.1) is 21.2 Å². The molecule has 0 atom stereocenters. The van der Waals surface area contributed by atoms with Crippen LogP contribution in [0.2, 0.25) is 10.0 Å². The van der Waals surface area contributed by atoms with Crippen molar-refractivity contribution in [3.63, 3.8) is 0 Å². The first-order chi connectivity index (χ1) is 13.9. The van der Waals surface area contributed by atoms with Crippen molar-refractivity contribution in [1.82, 2.24) is 9.88 Å². The first-order valence-corrected chi connectivity index (χ1v) is 9.36. The van der Waals surface area contributed by atoms with E-state index in [0.29, 0.717) is 5.82 Å².